The van der Waals surface area contributed by atoms with Crippen LogP contribution in [0, 0.1) is 10.8 Å². The van der Waals surface area contributed by atoms with E-state index in [1.807, 2.05) is 13.8 Å². The Balaban J connectivity index is 2.33. The van der Waals surface area contributed by atoms with Gasteiger partial charge in [-0.3, -0.25) is 19.4 Å². The highest BCUT2D eigenvalue weighted by Crippen LogP contribution is 2.21. The summed E-state index contributed by atoms with van der Waals surface area (Å²) in [5.74, 6) is -0.262. The smallest absolute Gasteiger partial charge is 0.252 e. The summed E-state index contributed by atoms with van der Waals surface area (Å²) in [6, 6.07) is 0. The number of hydrogen-bond acceptors (Lipinski definition) is 6. The van der Waals surface area contributed by atoms with Crippen LogP contribution in [-0.2, 0) is 14.3 Å². The highest BCUT2D eigenvalue weighted by atomic mass is 16.5. The molecular weight excluding hydrogens is 358 g/mol. The van der Waals surface area contributed by atoms with Gasteiger partial charge in [0.2, 0.25) is 6.41 Å². The van der Waals surface area contributed by atoms with Crippen molar-refractivity contribution >= 4 is 12.3 Å². The van der Waals surface area contributed by atoms with E-state index in [0.717, 1.165) is 32.7 Å². The van der Waals surface area contributed by atoms with E-state index < -0.39 is 0 Å². The Hall–Kier alpha value is -1.28. The predicted molar refractivity (Wildman–Crippen MR) is 111 cm³/mol. The van der Waals surface area contributed by atoms with Crippen LogP contribution in [0.25, 0.3) is 0 Å². The average Bonchev–Trinajstić information content (AvgIpc) is 2.63. The van der Waals surface area contributed by atoms with Gasteiger partial charge >= 0.3 is 0 Å². The van der Waals surface area contributed by atoms with Gasteiger partial charge in [0.1, 0.15) is 0 Å². The number of aliphatic hydroxyl groups excluding tert-OH is 1. The molecule has 0 unspecified atom stereocenters. The monoisotopic (exact) mass is 397 g/mol. The zero-order chi connectivity index (χ0) is 21.2. The molecule has 7 nitrogen and oxygen atoms in total. The Kier molecular flexibility index (Phi) is 10.3. The van der Waals surface area contributed by atoms with Crippen molar-refractivity contribution in [2.24, 2.45) is 10.8 Å². The van der Waals surface area contributed by atoms with Gasteiger partial charge in [-0.15, -0.1) is 0 Å². The maximum Gasteiger partial charge on any atom is 0.252 e. The summed E-state index contributed by atoms with van der Waals surface area (Å²) in [6.07, 6.45) is 3.67. The highest BCUT2D eigenvalue weighted by Gasteiger charge is 2.26. The molecule has 0 aromatic rings. The van der Waals surface area contributed by atoms with Crippen molar-refractivity contribution in [3.05, 3.63) is 12.2 Å². The molecule has 0 radical (unpaired) electrons. The minimum absolute atomic E-state index is 0.0426. The fourth-order valence-electron chi connectivity index (χ4n) is 3.17. The molecule has 1 aliphatic rings. The lowest BCUT2D eigenvalue weighted by molar-refractivity contribution is -0.134. The molecule has 0 aromatic heterocycles. The van der Waals surface area contributed by atoms with E-state index in [0.29, 0.717) is 32.7 Å². The Labute approximate surface area is 170 Å². The van der Waals surface area contributed by atoms with Crippen LogP contribution >= 0.6 is 0 Å². The molecule has 2 amide bonds. The molecule has 1 N–H and O–H groups in total. The van der Waals surface area contributed by atoms with Gasteiger partial charge in [0.15, 0.2) is 0 Å². The lowest BCUT2D eigenvalue weighted by atomic mass is 9.92. The minimum atomic E-state index is -0.262. The summed E-state index contributed by atoms with van der Waals surface area (Å²) in [5.41, 5.74) is -0.160. The molecule has 1 fully saturated rings. The summed E-state index contributed by atoms with van der Waals surface area (Å²) in [4.78, 5) is 28.8. The zero-order valence-electron chi connectivity index (χ0n) is 18.3. The average molecular weight is 398 g/mol. The SMILES string of the molecule is C/C=C\C(=O)N(C=O)CCN1CCN(CC(C)(C)COCC(C)(C)CO)CC1. The third kappa shape index (κ3) is 9.28. The quantitative estimate of drug-likeness (QED) is 0.394. The van der Waals surface area contributed by atoms with Gasteiger partial charge in [-0.25, -0.2) is 0 Å². The largest absolute Gasteiger partial charge is 0.396 e. The predicted octanol–water partition coefficient (Wildman–Crippen LogP) is 1.23. The number of rotatable bonds is 12. The topological polar surface area (TPSA) is 73.3 Å². The van der Waals surface area contributed by atoms with Crippen molar-refractivity contribution < 1.29 is 19.4 Å². The number of carbonyl (C=O) groups is 2. The first-order valence-corrected chi connectivity index (χ1v) is 10.1. The molecule has 0 saturated carbocycles. The molecule has 0 spiro atoms. The molecule has 1 saturated heterocycles. The standard InChI is InChI=1S/C21H39N3O4/c1-6-7-19(27)24(18-26)13-12-22-8-10-23(11-9-22)14-20(2,3)16-28-17-21(4,5)15-25/h6-7,18,25H,8-17H2,1-5H3/b7-6-. The summed E-state index contributed by atoms with van der Waals surface area (Å²) >= 11 is 0. The molecule has 0 atom stereocenters. The molecule has 7 heteroatoms. The molecular formula is C21H39N3O4. The van der Waals surface area contributed by atoms with Gasteiger partial charge in [-0.05, 0) is 13.0 Å². The van der Waals surface area contributed by atoms with Gasteiger partial charge < -0.3 is 14.7 Å². The fraction of sp³-hybridized carbons (Fsp3) is 0.810. The van der Waals surface area contributed by atoms with Gasteiger partial charge in [0.25, 0.3) is 5.91 Å². The number of aliphatic hydroxyl groups is 1. The van der Waals surface area contributed by atoms with E-state index in [9.17, 15) is 14.7 Å². The summed E-state index contributed by atoms with van der Waals surface area (Å²) < 4.78 is 5.86. The number of ether oxygens (including phenoxy) is 1. The lowest BCUT2D eigenvalue weighted by Crippen LogP contribution is -2.51. The van der Waals surface area contributed by atoms with Crippen LogP contribution in [0.1, 0.15) is 34.6 Å². The van der Waals surface area contributed by atoms with Crippen molar-refractivity contribution in [2.75, 3.05) is 65.6 Å². The van der Waals surface area contributed by atoms with Crippen LogP contribution < -0.4 is 0 Å². The van der Waals surface area contributed by atoms with Crippen molar-refractivity contribution in [3.63, 3.8) is 0 Å². The van der Waals surface area contributed by atoms with E-state index in [-0.39, 0.29) is 23.3 Å². The molecule has 0 aromatic carbocycles. The Morgan fingerprint density at radius 2 is 1.64 bits per heavy atom. The van der Waals surface area contributed by atoms with Crippen LogP contribution in [0.15, 0.2) is 12.2 Å². The van der Waals surface area contributed by atoms with Crippen LogP contribution in [0.2, 0.25) is 0 Å². The first-order chi connectivity index (χ1) is 13.1. The molecule has 1 heterocycles. The van der Waals surface area contributed by atoms with Crippen molar-refractivity contribution in [3.8, 4) is 0 Å². The van der Waals surface area contributed by atoms with E-state index in [1.54, 1.807) is 13.0 Å². The second-order valence-corrected chi connectivity index (χ2v) is 9.23. The number of nitrogens with zero attached hydrogens (tertiary/aromatic N) is 3. The molecule has 162 valence electrons. The van der Waals surface area contributed by atoms with E-state index in [4.69, 9.17) is 4.74 Å². The van der Waals surface area contributed by atoms with E-state index in [2.05, 4.69) is 23.6 Å². The highest BCUT2D eigenvalue weighted by molar-refractivity contribution is 5.94. The molecule has 28 heavy (non-hydrogen) atoms. The van der Waals surface area contributed by atoms with Crippen LogP contribution in [-0.4, -0.2) is 97.8 Å². The maximum absolute atomic E-state index is 11.8. The van der Waals surface area contributed by atoms with Gasteiger partial charge in [0, 0.05) is 56.6 Å². The van der Waals surface area contributed by atoms with Crippen molar-refractivity contribution in [2.45, 2.75) is 34.6 Å². The van der Waals surface area contributed by atoms with Gasteiger partial charge in [0.05, 0.1) is 19.8 Å². The Bertz CT molecular complexity index is 512. The number of piperazine rings is 1. The third-order valence-corrected chi connectivity index (χ3v) is 4.91. The maximum atomic E-state index is 11.8. The number of imide groups is 1. The Morgan fingerprint density at radius 3 is 2.18 bits per heavy atom. The van der Waals surface area contributed by atoms with E-state index in [1.165, 1.54) is 11.0 Å². The Morgan fingerprint density at radius 1 is 1.07 bits per heavy atom. The first-order valence-electron chi connectivity index (χ1n) is 10.1. The number of allylic oxidation sites excluding steroid dienone is 1. The fourth-order valence-corrected chi connectivity index (χ4v) is 3.17. The molecule has 1 rings (SSSR count). The third-order valence-electron chi connectivity index (χ3n) is 4.91. The zero-order valence-corrected chi connectivity index (χ0v) is 18.3. The summed E-state index contributed by atoms with van der Waals surface area (Å²) in [7, 11) is 0. The normalized spacial score (nSPS) is 17.2. The van der Waals surface area contributed by atoms with Crippen LogP contribution in [0.3, 0.4) is 0 Å². The van der Waals surface area contributed by atoms with Crippen molar-refractivity contribution in [1.29, 1.82) is 0 Å². The second-order valence-electron chi connectivity index (χ2n) is 9.23. The number of amides is 2. The van der Waals surface area contributed by atoms with Crippen LogP contribution in [0.5, 0.6) is 0 Å². The second kappa shape index (κ2) is 11.7. The molecule has 0 aliphatic carbocycles. The lowest BCUT2D eigenvalue weighted by Gasteiger charge is -2.39. The minimum Gasteiger partial charge on any atom is -0.396 e. The summed E-state index contributed by atoms with van der Waals surface area (Å²) in [6.45, 7) is 17.4. The number of carbonyl (C=O) groups excluding carboxylic acids is 2. The summed E-state index contributed by atoms with van der Waals surface area (Å²) in [5, 5.41) is 9.32. The van der Waals surface area contributed by atoms with E-state index >= 15 is 0 Å². The van der Waals surface area contributed by atoms with Crippen LogP contribution in [0.4, 0.5) is 0 Å². The molecule has 0 bridgehead atoms. The van der Waals surface area contributed by atoms with Crippen molar-refractivity contribution in [1.82, 2.24) is 14.7 Å². The van der Waals surface area contributed by atoms with Gasteiger partial charge in [-0.1, -0.05) is 33.8 Å². The van der Waals surface area contributed by atoms with Gasteiger partial charge in [-0.2, -0.15) is 0 Å². The first kappa shape index (κ1) is 24.8. The molecule has 1 aliphatic heterocycles. The number of hydrogen-bond donors (Lipinski definition) is 1.